The van der Waals surface area contributed by atoms with Crippen LogP contribution >= 0.6 is 11.3 Å². The molecule has 0 amide bonds. The summed E-state index contributed by atoms with van der Waals surface area (Å²) in [6, 6.07) is 0. The first-order valence-electron chi connectivity index (χ1n) is 6.80. The predicted molar refractivity (Wildman–Crippen MR) is 83.9 cm³/mol. The first-order chi connectivity index (χ1) is 10.1. The van der Waals surface area contributed by atoms with E-state index in [0.29, 0.717) is 12.4 Å². The zero-order valence-electron chi connectivity index (χ0n) is 12.1. The molecule has 2 rings (SSSR count). The standard InChI is InChI=1S/C14H19N3O3S/c1-10(2)20-8-3-6-15-13-11(4-5-12(18)19)17-7-9-21-14(17)16-13/h4-5,7,9-10,15H,3,6,8H2,1-2H3,(H,18,19)/b5-4+. The summed E-state index contributed by atoms with van der Waals surface area (Å²) >= 11 is 1.51. The van der Waals surface area contributed by atoms with E-state index in [-0.39, 0.29) is 6.10 Å². The van der Waals surface area contributed by atoms with Crippen LogP contribution in [-0.2, 0) is 9.53 Å². The van der Waals surface area contributed by atoms with E-state index in [4.69, 9.17) is 9.84 Å². The van der Waals surface area contributed by atoms with E-state index in [1.165, 1.54) is 11.3 Å². The van der Waals surface area contributed by atoms with Crippen molar-refractivity contribution < 1.29 is 14.6 Å². The van der Waals surface area contributed by atoms with Gasteiger partial charge in [-0.25, -0.2) is 9.78 Å². The second-order valence-electron chi connectivity index (χ2n) is 4.77. The molecule has 0 fully saturated rings. The number of hydrogen-bond acceptors (Lipinski definition) is 5. The Morgan fingerprint density at radius 3 is 3.14 bits per heavy atom. The lowest BCUT2D eigenvalue weighted by atomic mass is 10.3. The summed E-state index contributed by atoms with van der Waals surface area (Å²) in [5.41, 5.74) is 0.749. The quantitative estimate of drug-likeness (QED) is 0.579. The monoisotopic (exact) mass is 309 g/mol. The lowest BCUT2D eigenvalue weighted by Crippen LogP contribution is -2.10. The Hall–Kier alpha value is -1.86. The van der Waals surface area contributed by atoms with Crippen molar-refractivity contribution in [2.75, 3.05) is 18.5 Å². The van der Waals surface area contributed by atoms with E-state index in [1.54, 1.807) is 6.08 Å². The molecule has 2 aromatic heterocycles. The second kappa shape index (κ2) is 7.24. The van der Waals surface area contributed by atoms with E-state index in [1.807, 2.05) is 29.8 Å². The molecule has 7 heteroatoms. The number of nitrogens with zero attached hydrogens (tertiary/aromatic N) is 2. The van der Waals surface area contributed by atoms with Crippen LogP contribution in [0, 0.1) is 0 Å². The van der Waals surface area contributed by atoms with E-state index in [2.05, 4.69) is 10.3 Å². The Balaban J connectivity index is 2.02. The van der Waals surface area contributed by atoms with Gasteiger partial charge in [0.25, 0.3) is 0 Å². The average Bonchev–Trinajstić information content (AvgIpc) is 2.96. The third-order valence-corrected chi connectivity index (χ3v) is 3.50. The molecule has 2 heterocycles. The zero-order chi connectivity index (χ0) is 15.2. The molecule has 2 aromatic rings. The van der Waals surface area contributed by atoms with Crippen molar-refractivity contribution >= 4 is 34.2 Å². The number of carbonyl (C=O) groups is 1. The van der Waals surface area contributed by atoms with Crippen LogP contribution in [0.5, 0.6) is 0 Å². The van der Waals surface area contributed by atoms with Gasteiger partial charge in [-0.15, -0.1) is 11.3 Å². The Morgan fingerprint density at radius 2 is 2.43 bits per heavy atom. The second-order valence-corrected chi connectivity index (χ2v) is 5.65. The summed E-state index contributed by atoms with van der Waals surface area (Å²) < 4.78 is 7.35. The summed E-state index contributed by atoms with van der Waals surface area (Å²) in [6.45, 7) is 5.43. The molecule has 0 aliphatic heterocycles. The first-order valence-corrected chi connectivity index (χ1v) is 7.68. The SMILES string of the molecule is CC(C)OCCCNc1nc2sccn2c1/C=C/C(=O)O. The number of anilines is 1. The van der Waals surface area contributed by atoms with Gasteiger partial charge >= 0.3 is 5.97 Å². The van der Waals surface area contributed by atoms with Gasteiger partial charge in [0.2, 0.25) is 0 Å². The fraction of sp³-hybridized carbons (Fsp3) is 0.429. The molecule has 0 bridgehead atoms. The molecule has 114 valence electrons. The Morgan fingerprint density at radius 1 is 1.62 bits per heavy atom. The molecule has 0 spiro atoms. The number of aromatic nitrogens is 2. The maximum Gasteiger partial charge on any atom is 0.328 e. The molecule has 2 N–H and O–H groups in total. The van der Waals surface area contributed by atoms with E-state index < -0.39 is 5.97 Å². The molecule has 0 saturated heterocycles. The van der Waals surface area contributed by atoms with Crippen LogP contribution in [0.25, 0.3) is 11.0 Å². The van der Waals surface area contributed by atoms with Crippen molar-refractivity contribution in [3.8, 4) is 0 Å². The number of ether oxygens (including phenoxy) is 1. The van der Waals surface area contributed by atoms with Gasteiger partial charge in [-0.2, -0.15) is 0 Å². The predicted octanol–water partition coefficient (Wildman–Crippen LogP) is 2.72. The molecule has 0 unspecified atom stereocenters. The van der Waals surface area contributed by atoms with Crippen molar-refractivity contribution in [1.29, 1.82) is 0 Å². The van der Waals surface area contributed by atoms with Crippen molar-refractivity contribution in [1.82, 2.24) is 9.38 Å². The van der Waals surface area contributed by atoms with Crippen LogP contribution in [0.3, 0.4) is 0 Å². The minimum Gasteiger partial charge on any atom is -0.478 e. The van der Waals surface area contributed by atoms with Crippen molar-refractivity contribution in [3.05, 3.63) is 23.3 Å². The van der Waals surface area contributed by atoms with Gasteiger partial charge in [0.15, 0.2) is 10.8 Å². The number of aliphatic carboxylic acids is 1. The van der Waals surface area contributed by atoms with Gasteiger partial charge in [0.05, 0.1) is 11.8 Å². The van der Waals surface area contributed by atoms with Crippen LogP contribution in [0.15, 0.2) is 17.7 Å². The number of nitrogens with one attached hydrogen (secondary N) is 1. The van der Waals surface area contributed by atoms with Gasteiger partial charge in [0.1, 0.15) is 0 Å². The number of rotatable bonds is 8. The average molecular weight is 309 g/mol. The molecule has 6 nitrogen and oxygen atoms in total. The van der Waals surface area contributed by atoms with Gasteiger partial charge in [-0.1, -0.05) is 0 Å². The highest BCUT2D eigenvalue weighted by Gasteiger charge is 2.10. The number of imidazole rings is 1. The van der Waals surface area contributed by atoms with Crippen LogP contribution in [0.4, 0.5) is 5.82 Å². The highest BCUT2D eigenvalue weighted by molar-refractivity contribution is 7.15. The minimum atomic E-state index is -0.975. The van der Waals surface area contributed by atoms with Crippen LogP contribution < -0.4 is 5.32 Å². The topological polar surface area (TPSA) is 75.9 Å². The summed E-state index contributed by atoms with van der Waals surface area (Å²) in [6.07, 6.45) is 5.65. The molecule has 0 atom stereocenters. The number of thiazole rings is 1. The van der Waals surface area contributed by atoms with Crippen LogP contribution in [0.2, 0.25) is 0 Å². The highest BCUT2D eigenvalue weighted by atomic mass is 32.1. The third kappa shape index (κ3) is 4.30. The maximum absolute atomic E-state index is 10.7. The molecule has 0 aliphatic rings. The summed E-state index contributed by atoms with van der Waals surface area (Å²) in [4.78, 5) is 16.0. The lowest BCUT2D eigenvalue weighted by Gasteiger charge is -2.08. The molecule has 0 aliphatic carbocycles. The molecular weight excluding hydrogens is 290 g/mol. The molecule has 21 heavy (non-hydrogen) atoms. The van der Waals surface area contributed by atoms with Crippen molar-refractivity contribution in [2.24, 2.45) is 0 Å². The molecule has 0 aromatic carbocycles. The number of carboxylic acids is 1. The van der Waals surface area contributed by atoms with Gasteiger partial charge in [0, 0.05) is 30.8 Å². The molecule has 0 radical (unpaired) electrons. The third-order valence-electron chi connectivity index (χ3n) is 2.75. The highest BCUT2D eigenvalue weighted by Crippen LogP contribution is 2.22. The van der Waals surface area contributed by atoms with E-state index in [9.17, 15) is 4.79 Å². The summed E-state index contributed by atoms with van der Waals surface area (Å²) in [5.74, 6) is -0.277. The normalized spacial score (nSPS) is 11.8. The smallest absolute Gasteiger partial charge is 0.328 e. The lowest BCUT2D eigenvalue weighted by molar-refractivity contribution is -0.131. The minimum absolute atomic E-state index is 0.233. The number of fused-ring (bicyclic) bond motifs is 1. The fourth-order valence-corrected chi connectivity index (χ4v) is 2.56. The van der Waals surface area contributed by atoms with Gasteiger partial charge in [-0.3, -0.25) is 4.40 Å². The first kappa shape index (κ1) is 15.5. The van der Waals surface area contributed by atoms with Gasteiger partial charge < -0.3 is 15.2 Å². The molecule has 0 saturated carbocycles. The Bertz CT molecular complexity index is 630. The fourth-order valence-electron chi connectivity index (χ4n) is 1.84. The zero-order valence-corrected chi connectivity index (χ0v) is 12.9. The number of hydrogen-bond donors (Lipinski definition) is 2. The molecular formula is C14H19N3O3S. The Kier molecular flexibility index (Phi) is 5.35. The summed E-state index contributed by atoms with van der Waals surface area (Å²) in [5, 5.41) is 13.9. The van der Waals surface area contributed by atoms with Gasteiger partial charge in [-0.05, 0) is 26.3 Å². The van der Waals surface area contributed by atoms with E-state index in [0.717, 1.165) is 29.7 Å². The largest absolute Gasteiger partial charge is 0.478 e. The summed E-state index contributed by atoms with van der Waals surface area (Å²) in [7, 11) is 0. The number of carboxylic acid groups (broad SMARTS) is 1. The maximum atomic E-state index is 10.7. The van der Waals surface area contributed by atoms with E-state index >= 15 is 0 Å². The van der Waals surface area contributed by atoms with Crippen molar-refractivity contribution in [2.45, 2.75) is 26.4 Å². The van der Waals surface area contributed by atoms with Crippen LogP contribution in [-0.4, -0.2) is 39.7 Å². The van der Waals surface area contributed by atoms with Crippen LogP contribution in [0.1, 0.15) is 26.0 Å². The van der Waals surface area contributed by atoms with Crippen molar-refractivity contribution in [3.63, 3.8) is 0 Å². The Labute approximate surface area is 127 Å².